The SMILES string of the molecule is COc1cccc(N2C(=O)NC(=O)C3(CC3)C2=O)c1. The minimum atomic E-state index is -1.03. The van der Waals surface area contributed by atoms with Crippen molar-refractivity contribution in [3.05, 3.63) is 24.3 Å². The molecule has 0 aromatic heterocycles. The Hall–Kier alpha value is -2.37. The number of urea groups is 1. The monoisotopic (exact) mass is 260 g/mol. The van der Waals surface area contributed by atoms with Crippen molar-refractivity contribution >= 4 is 23.5 Å². The highest BCUT2D eigenvalue weighted by molar-refractivity contribution is 6.31. The van der Waals surface area contributed by atoms with Crippen molar-refractivity contribution in [3.8, 4) is 5.75 Å². The molecule has 1 saturated heterocycles. The molecule has 3 rings (SSSR count). The number of imide groups is 2. The largest absolute Gasteiger partial charge is 0.497 e. The molecule has 2 fully saturated rings. The second kappa shape index (κ2) is 3.81. The number of barbiturate groups is 1. The third-order valence-electron chi connectivity index (χ3n) is 3.53. The molecule has 0 bridgehead atoms. The zero-order valence-corrected chi connectivity index (χ0v) is 10.3. The number of nitrogens with zero attached hydrogens (tertiary/aromatic N) is 1. The molecular formula is C13H12N2O4. The van der Waals surface area contributed by atoms with Crippen LogP contribution >= 0.6 is 0 Å². The lowest BCUT2D eigenvalue weighted by molar-refractivity contribution is -0.136. The van der Waals surface area contributed by atoms with Gasteiger partial charge in [-0.15, -0.1) is 0 Å². The number of rotatable bonds is 2. The first-order chi connectivity index (χ1) is 9.08. The number of anilines is 1. The Morgan fingerprint density at radius 2 is 2.00 bits per heavy atom. The van der Waals surface area contributed by atoms with E-state index in [1.807, 2.05) is 0 Å². The van der Waals surface area contributed by atoms with Crippen LogP contribution in [-0.4, -0.2) is 25.0 Å². The Balaban J connectivity index is 2.01. The summed E-state index contributed by atoms with van der Waals surface area (Å²) in [4.78, 5) is 36.9. The fraction of sp³-hybridized carbons (Fsp3) is 0.308. The van der Waals surface area contributed by atoms with Gasteiger partial charge in [0.1, 0.15) is 11.2 Å². The lowest BCUT2D eigenvalue weighted by atomic mass is 10.0. The van der Waals surface area contributed by atoms with Crippen LogP contribution in [0, 0.1) is 5.41 Å². The van der Waals surface area contributed by atoms with Crippen molar-refractivity contribution in [1.29, 1.82) is 0 Å². The average Bonchev–Trinajstić information content (AvgIpc) is 3.19. The lowest BCUT2D eigenvalue weighted by Crippen LogP contribution is -2.59. The molecule has 1 spiro atoms. The van der Waals surface area contributed by atoms with Gasteiger partial charge in [-0.3, -0.25) is 14.9 Å². The zero-order valence-electron chi connectivity index (χ0n) is 10.3. The summed E-state index contributed by atoms with van der Waals surface area (Å²) in [5, 5.41) is 2.23. The van der Waals surface area contributed by atoms with Crippen molar-refractivity contribution in [2.45, 2.75) is 12.8 Å². The predicted molar refractivity (Wildman–Crippen MR) is 65.7 cm³/mol. The van der Waals surface area contributed by atoms with Gasteiger partial charge in [0.05, 0.1) is 12.8 Å². The molecule has 1 aliphatic carbocycles. The third kappa shape index (κ3) is 1.60. The van der Waals surface area contributed by atoms with E-state index in [-0.39, 0.29) is 0 Å². The summed E-state index contributed by atoms with van der Waals surface area (Å²) >= 11 is 0. The van der Waals surface area contributed by atoms with Gasteiger partial charge in [0.2, 0.25) is 5.91 Å². The van der Waals surface area contributed by atoms with E-state index >= 15 is 0 Å². The summed E-state index contributed by atoms with van der Waals surface area (Å²) in [6.07, 6.45) is 0.983. The quantitative estimate of drug-likeness (QED) is 0.807. The first kappa shape index (κ1) is 11.7. The second-order valence-electron chi connectivity index (χ2n) is 4.68. The van der Waals surface area contributed by atoms with Gasteiger partial charge < -0.3 is 4.74 Å². The smallest absolute Gasteiger partial charge is 0.335 e. The van der Waals surface area contributed by atoms with Gasteiger partial charge in [0, 0.05) is 6.07 Å². The molecule has 1 N–H and O–H groups in total. The van der Waals surface area contributed by atoms with Crippen LogP contribution in [0.15, 0.2) is 24.3 Å². The molecule has 98 valence electrons. The first-order valence-electron chi connectivity index (χ1n) is 5.92. The number of methoxy groups -OCH3 is 1. The molecule has 1 saturated carbocycles. The van der Waals surface area contributed by atoms with Gasteiger partial charge in [-0.05, 0) is 25.0 Å². The molecule has 1 heterocycles. The molecule has 0 unspecified atom stereocenters. The highest BCUT2D eigenvalue weighted by Gasteiger charge is 2.62. The van der Waals surface area contributed by atoms with Gasteiger partial charge in [0.15, 0.2) is 0 Å². The summed E-state index contributed by atoms with van der Waals surface area (Å²) < 4.78 is 5.07. The van der Waals surface area contributed by atoms with Gasteiger partial charge in [-0.2, -0.15) is 0 Å². The van der Waals surface area contributed by atoms with Crippen LogP contribution in [0.1, 0.15) is 12.8 Å². The Kier molecular flexibility index (Phi) is 2.35. The topological polar surface area (TPSA) is 75.7 Å². The van der Waals surface area contributed by atoms with E-state index in [4.69, 9.17) is 4.74 Å². The third-order valence-corrected chi connectivity index (χ3v) is 3.53. The van der Waals surface area contributed by atoms with Crippen molar-refractivity contribution in [2.75, 3.05) is 12.0 Å². The molecule has 19 heavy (non-hydrogen) atoms. The molecule has 1 aliphatic heterocycles. The number of amides is 4. The van der Waals surface area contributed by atoms with Gasteiger partial charge >= 0.3 is 6.03 Å². The standard InChI is InChI=1S/C13H12N2O4/c1-19-9-4-2-3-8(7-9)15-11(17)13(5-6-13)10(16)14-12(15)18/h2-4,7H,5-6H2,1H3,(H,14,16,18). The van der Waals surface area contributed by atoms with E-state index in [0.717, 1.165) is 4.90 Å². The Labute approximate surface area is 109 Å². The summed E-state index contributed by atoms with van der Waals surface area (Å²) in [6.45, 7) is 0. The lowest BCUT2D eigenvalue weighted by Gasteiger charge is -2.30. The van der Waals surface area contributed by atoms with E-state index in [1.165, 1.54) is 7.11 Å². The summed E-state index contributed by atoms with van der Waals surface area (Å²) in [5.74, 6) is -0.393. The van der Waals surface area contributed by atoms with Crippen LogP contribution in [0.5, 0.6) is 5.75 Å². The van der Waals surface area contributed by atoms with E-state index < -0.39 is 23.3 Å². The van der Waals surface area contributed by atoms with E-state index in [1.54, 1.807) is 24.3 Å². The second-order valence-corrected chi connectivity index (χ2v) is 4.68. The van der Waals surface area contributed by atoms with Crippen LogP contribution in [0.4, 0.5) is 10.5 Å². The molecule has 0 radical (unpaired) electrons. The highest BCUT2D eigenvalue weighted by atomic mass is 16.5. The normalized spacial score (nSPS) is 20.5. The highest BCUT2D eigenvalue weighted by Crippen LogP contribution is 2.49. The first-order valence-corrected chi connectivity index (χ1v) is 5.92. The number of hydrogen-bond acceptors (Lipinski definition) is 4. The maximum Gasteiger partial charge on any atom is 0.335 e. The molecule has 1 aromatic carbocycles. The van der Waals surface area contributed by atoms with Gasteiger partial charge in [-0.1, -0.05) is 6.07 Å². The fourth-order valence-corrected chi connectivity index (χ4v) is 2.23. The number of carbonyl (C=O) groups is 3. The van der Waals surface area contributed by atoms with Crippen molar-refractivity contribution in [1.82, 2.24) is 5.32 Å². The summed E-state index contributed by atoms with van der Waals surface area (Å²) in [5.41, 5.74) is -0.627. The number of ether oxygens (including phenoxy) is 1. The maximum atomic E-state index is 12.3. The predicted octanol–water partition coefficient (Wildman–Crippen LogP) is 1.06. The fourth-order valence-electron chi connectivity index (χ4n) is 2.23. The van der Waals surface area contributed by atoms with E-state index in [2.05, 4.69) is 5.32 Å². The minimum Gasteiger partial charge on any atom is -0.497 e. The van der Waals surface area contributed by atoms with Gasteiger partial charge in [-0.25, -0.2) is 9.69 Å². The summed E-state index contributed by atoms with van der Waals surface area (Å²) in [6, 6.07) is 5.91. The molecule has 0 atom stereocenters. The van der Waals surface area contributed by atoms with Crippen LogP contribution in [0.25, 0.3) is 0 Å². The van der Waals surface area contributed by atoms with Crippen LogP contribution in [-0.2, 0) is 9.59 Å². The molecule has 6 nitrogen and oxygen atoms in total. The number of hydrogen-bond donors (Lipinski definition) is 1. The zero-order chi connectivity index (χ0) is 13.6. The molecule has 6 heteroatoms. The Morgan fingerprint density at radius 3 is 2.63 bits per heavy atom. The average molecular weight is 260 g/mol. The van der Waals surface area contributed by atoms with E-state index in [9.17, 15) is 14.4 Å². The minimum absolute atomic E-state index is 0.403. The Morgan fingerprint density at radius 1 is 1.26 bits per heavy atom. The Bertz CT molecular complexity index is 592. The molecule has 4 amide bonds. The van der Waals surface area contributed by atoms with E-state index in [0.29, 0.717) is 24.3 Å². The van der Waals surface area contributed by atoms with Crippen molar-refractivity contribution in [2.24, 2.45) is 5.41 Å². The van der Waals surface area contributed by atoms with Crippen LogP contribution in [0.3, 0.4) is 0 Å². The van der Waals surface area contributed by atoms with Crippen molar-refractivity contribution < 1.29 is 19.1 Å². The van der Waals surface area contributed by atoms with Gasteiger partial charge in [0.25, 0.3) is 5.91 Å². The van der Waals surface area contributed by atoms with Crippen molar-refractivity contribution in [3.63, 3.8) is 0 Å². The molecule has 1 aromatic rings. The summed E-state index contributed by atoms with van der Waals surface area (Å²) in [7, 11) is 1.50. The number of carbonyl (C=O) groups excluding carboxylic acids is 3. The number of nitrogens with one attached hydrogen (secondary N) is 1. The maximum absolute atomic E-state index is 12.3. The van der Waals surface area contributed by atoms with Crippen LogP contribution in [0.2, 0.25) is 0 Å². The molecular weight excluding hydrogens is 248 g/mol. The number of benzene rings is 1. The van der Waals surface area contributed by atoms with Crippen LogP contribution < -0.4 is 15.0 Å². The molecule has 2 aliphatic rings.